The number of benzene rings is 1. The van der Waals surface area contributed by atoms with Gasteiger partial charge in [-0.2, -0.15) is 13.2 Å². The summed E-state index contributed by atoms with van der Waals surface area (Å²) in [6.07, 6.45) is -5.97. The van der Waals surface area contributed by atoms with Gasteiger partial charge in [0.25, 0.3) is 0 Å². The minimum Gasteiger partial charge on any atom is -0.445 e. The highest BCUT2D eigenvalue weighted by molar-refractivity contribution is 5.69. The molecule has 4 nitrogen and oxygen atoms in total. The highest BCUT2D eigenvalue weighted by atomic mass is 19.4. The number of carbonyl (C=O) groups excluding carboxylic acids is 2. The van der Waals surface area contributed by atoms with Gasteiger partial charge in [0.15, 0.2) is 0 Å². The summed E-state index contributed by atoms with van der Waals surface area (Å²) in [4.78, 5) is 21.8. The number of aldehydes is 1. The average Bonchev–Trinajstić information content (AvgIpc) is 2.42. The van der Waals surface area contributed by atoms with Crippen molar-refractivity contribution in [2.45, 2.75) is 19.7 Å². The topological polar surface area (TPSA) is 55.4 Å². The third-order valence-corrected chi connectivity index (χ3v) is 2.72. The van der Waals surface area contributed by atoms with E-state index in [0.29, 0.717) is 12.5 Å². The summed E-state index contributed by atoms with van der Waals surface area (Å²) in [6.45, 7) is -0.221. The first kappa shape index (κ1) is 16.0. The Morgan fingerprint density at radius 2 is 1.90 bits per heavy atom. The van der Waals surface area contributed by atoms with Crippen LogP contribution in [0.15, 0.2) is 30.3 Å². The second-order valence-electron chi connectivity index (χ2n) is 4.45. The molecule has 1 aromatic rings. The second-order valence-corrected chi connectivity index (χ2v) is 4.45. The quantitative estimate of drug-likeness (QED) is 0.848. The van der Waals surface area contributed by atoms with E-state index in [9.17, 15) is 22.8 Å². The molecule has 1 aromatic carbocycles. The first-order chi connectivity index (χ1) is 9.28. The molecular formula is C13H14F3NO3. The molecule has 0 radical (unpaired) electrons. The van der Waals surface area contributed by atoms with Crippen molar-refractivity contribution < 1.29 is 27.5 Å². The number of amides is 1. The Bertz CT molecular complexity index is 462. The molecule has 110 valence electrons. The number of hydrogen-bond donors (Lipinski definition) is 1. The Hall–Kier alpha value is -2.05. The minimum atomic E-state index is -4.73. The Labute approximate surface area is 113 Å². The van der Waals surface area contributed by atoms with Gasteiger partial charge in [-0.1, -0.05) is 30.3 Å². The van der Waals surface area contributed by atoms with Gasteiger partial charge in [-0.3, -0.25) is 0 Å². The van der Waals surface area contributed by atoms with Crippen molar-refractivity contribution in [3.63, 3.8) is 0 Å². The molecule has 1 atom stereocenters. The van der Waals surface area contributed by atoms with Crippen molar-refractivity contribution in [1.82, 2.24) is 5.32 Å². The Morgan fingerprint density at radius 3 is 2.40 bits per heavy atom. The van der Waals surface area contributed by atoms with Crippen molar-refractivity contribution in [2.24, 2.45) is 5.41 Å². The van der Waals surface area contributed by atoms with Crippen LogP contribution in [0, 0.1) is 5.41 Å². The summed E-state index contributed by atoms with van der Waals surface area (Å²) in [6, 6.07) is 8.67. The van der Waals surface area contributed by atoms with Crippen LogP contribution in [-0.4, -0.2) is 25.1 Å². The van der Waals surface area contributed by atoms with E-state index in [0.717, 1.165) is 0 Å². The van der Waals surface area contributed by atoms with E-state index in [2.05, 4.69) is 0 Å². The summed E-state index contributed by atoms with van der Waals surface area (Å²) in [5.41, 5.74) is -1.92. The largest absolute Gasteiger partial charge is 0.445 e. The van der Waals surface area contributed by atoms with Crippen LogP contribution in [0.3, 0.4) is 0 Å². The van der Waals surface area contributed by atoms with Crippen LogP contribution in [0.2, 0.25) is 0 Å². The summed E-state index contributed by atoms with van der Waals surface area (Å²) in [7, 11) is 0. The lowest BCUT2D eigenvalue weighted by Gasteiger charge is -2.25. The molecule has 1 unspecified atom stereocenters. The minimum absolute atomic E-state index is 0.0590. The van der Waals surface area contributed by atoms with Gasteiger partial charge in [-0.25, -0.2) is 4.79 Å². The SMILES string of the molecule is CC(C=O)(CNC(=O)OCc1ccccc1)C(F)(F)F. The molecular weight excluding hydrogens is 275 g/mol. The number of carbonyl (C=O) groups is 2. The molecule has 0 saturated carbocycles. The standard InChI is InChI=1S/C13H14F3NO3/c1-12(9-18,13(14,15)16)8-17-11(19)20-7-10-5-3-2-4-6-10/h2-6,9H,7-8H2,1H3,(H,17,19). The van der Waals surface area contributed by atoms with E-state index in [1.54, 1.807) is 30.3 Å². The molecule has 0 aliphatic carbocycles. The van der Waals surface area contributed by atoms with E-state index < -0.39 is 24.2 Å². The van der Waals surface area contributed by atoms with E-state index in [-0.39, 0.29) is 12.9 Å². The fourth-order valence-electron chi connectivity index (χ4n) is 1.24. The summed E-state index contributed by atoms with van der Waals surface area (Å²) < 4.78 is 42.5. The first-order valence-electron chi connectivity index (χ1n) is 5.76. The highest BCUT2D eigenvalue weighted by Gasteiger charge is 2.51. The summed E-state index contributed by atoms with van der Waals surface area (Å²) >= 11 is 0. The van der Waals surface area contributed by atoms with Gasteiger partial charge in [0.2, 0.25) is 0 Å². The number of nitrogens with one attached hydrogen (secondary N) is 1. The molecule has 0 fully saturated rings. The normalized spacial score (nSPS) is 14.2. The van der Waals surface area contributed by atoms with Gasteiger partial charge in [0.05, 0.1) is 0 Å². The third-order valence-electron chi connectivity index (χ3n) is 2.72. The number of hydrogen-bond acceptors (Lipinski definition) is 3. The van der Waals surface area contributed by atoms with Crippen LogP contribution in [0.5, 0.6) is 0 Å². The number of alkyl carbamates (subject to hydrolysis) is 1. The average molecular weight is 289 g/mol. The molecule has 0 aliphatic heterocycles. The first-order valence-corrected chi connectivity index (χ1v) is 5.76. The molecule has 0 saturated heterocycles. The van der Waals surface area contributed by atoms with Crippen molar-refractivity contribution in [1.29, 1.82) is 0 Å². The third kappa shape index (κ3) is 4.25. The van der Waals surface area contributed by atoms with Gasteiger partial charge in [-0.15, -0.1) is 0 Å². The monoisotopic (exact) mass is 289 g/mol. The molecule has 0 aliphatic rings. The Morgan fingerprint density at radius 1 is 1.30 bits per heavy atom. The van der Waals surface area contributed by atoms with E-state index >= 15 is 0 Å². The van der Waals surface area contributed by atoms with Crippen LogP contribution in [0.1, 0.15) is 12.5 Å². The molecule has 0 spiro atoms. The number of alkyl halides is 3. The predicted molar refractivity (Wildman–Crippen MR) is 64.9 cm³/mol. The fourth-order valence-corrected chi connectivity index (χ4v) is 1.24. The zero-order valence-corrected chi connectivity index (χ0v) is 10.7. The van der Waals surface area contributed by atoms with Gasteiger partial charge in [0.1, 0.15) is 18.3 Å². The summed E-state index contributed by atoms with van der Waals surface area (Å²) in [5.74, 6) is 0. The second kappa shape index (κ2) is 6.40. The smallest absolute Gasteiger partial charge is 0.407 e. The van der Waals surface area contributed by atoms with Crippen LogP contribution < -0.4 is 5.32 Å². The maximum Gasteiger partial charge on any atom is 0.407 e. The Kier molecular flexibility index (Phi) is 5.12. The maximum atomic E-state index is 12.6. The van der Waals surface area contributed by atoms with Crippen molar-refractivity contribution >= 4 is 12.4 Å². The van der Waals surface area contributed by atoms with Crippen molar-refractivity contribution in [3.8, 4) is 0 Å². The van der Waals surface area contributed by atoms with Gasteiger partial charge in [-0.05, 0) is 12.5 Å². The van der Waals surface area contributed by atoms with Crippen molar-refractivity contribution in [2.75, 3.05) is 6.54 Å². The van der Waals surface area contributed by atoms with Gasteiger partial charge in [0, 0.05) is 6.54 Å². The van der Waals surface area contributed by atoms with Crippen LogP contribution in [-0.2, 0) is 16.1 Å². The molecule has 20 heavy (non-hydrogen) atoms. The molecule has 1 rings (SSSR count). The van der Waals surface area contributed by atoms with Crippen LogP contribution in [0.25, 0.3) is 0 Å². The summed E-state index contributed by atoms with van der Waals surface area (Å²) in [5, 5.41) is 1.94. The van der Waals surface area contributed by atoms with Crippen LogP contribution in [0.4, 0.5) is 18.0 Å². The lowest BCUT2D eigenvalue weighted by molar-refractivity contribution is -0.206. The Balaban J connectivity index is 2.45. The predicted octanol–water partition coefficient (Wildman–Crippen LogP) is 2.68. The lowest BCUT2D eigenvalue weighted by atomic mass is 9.92. The highest BCUT2D eigenvalue weighted by Crippen LogP contribution is 2.35. The maximum absolute atomic E-state index is 12.6. The molecule has 0 heterocycles. The molecule has 7 heteroatoms. The van der Waals surface area contributed by atoms with E-state index in [4.69, 9.17) is 4.74 Å². The molecule has 1 amide bonds. The lowest BCUT2D eigenvalue weighted by Crippen LogP contribution is -2.46. The molecule has 0 bridgehead atoms. The molecule has 1 N–H and O–H groups in total. The van der Waals surface area contributed by atoms with Crippen LogP contribution >= 0.6 is 0 Å². The van der Waals surface area contributed by atoms with E-state index in [1.165, 1.54) is 0 Å². The number of halogens is 3. The fraction of sp³-hybridized carbons (Fsp3) is 0.385. The zero-order valence-electron chi connectivity index (χ0n) is 10.7. The van der Waals surface area contributed by atoms with Gasteiger partial charge >= 0.3 is 12.3 Å². The molecule has 0 aromatic heterocycles. The number of ether oxygens (including phenoxy) is 1. The van der Waals surface area contributed by atoms with Gasteiger partial charge < -0.3 is 14.8 Å². The van der Waals surface area contributed by atoms with E-state index in [1.807, 2.05) is 5.32 Å². The number of rotatable bonds is 5. The zero-order chi connectivity index (χ0) is 15.2. The van der Waals surface area contributed by atoms with Crippen molar-refractivity contribution in [3.05, 3.63) is 35.9 Å².